The maximum absolute atomic E-state index is 11.1. The molecule has 0 aliphatic rings. The van der Waals surface area contributed by atoms with Crippen LogP contribution in [0.5, 0.6) is 5.75 Å². The molecular formula is C15H15NO3. The Morgan fingerprint density at radius 3 is 2.53 bits per heavy atom. The predicted octanol–water partition coefficient (Wildman–Crippen LogP) is 3.15. The summed E-state index contributed by atoms with van der Waals surface area (Å²) in [6, 6.07) is 10.9. The minimum Gasteiger partial charge on any atom is -0.494 e. The minimum atomic E-state index is -1.06. The van der Waals surface area contributed by atoms with E-state index in [2.05, 4.69) is 4.98 Å². The van der Waals surface area contributed by atoms with Crippen molar-refractivity contribution in [3.05, 3.63) is 47.7 Å². The molecule has 0 unspecified atom stereocenters. The molecule has 2 aromatic rings. The molecule has 1 N–H and O–H groups in total. The van der Waals surface area contributed by atoms with Gasteiger partial charge in [-0.1, -0.05) is 29.8 Å². The van der Waals surface area contributed by atoms with Crippen LogP contribution in [-0.4, -0.2) is 22.7 Å². The van der Waals surface area contributed by atoms with Gasteiger partial charge in [-0.2, -0.15) is 0 Å². The largest absolute Gasteiger partial charge is 0.494 e. The summed E-state index contributed by atoms with van der Waals surface area (Å²) in [5, 5.41) is 9.07. The van der Waals surface area contributed by atoms with Gasteiger partial charge >= 0.3 is 5.97 Å². The van der Waals surface area contributed by atoms with E-state index in [4.69, 9.17) is 9.84 Å². The van der Waals surface area contributed by atoms with Gasteiger partial charge in [0, 0.05) is 17.7 Å². The molecule has 0 bridgehead atoms. The number of carboxylic acids is 1. The lowest BCUT2D eigenvalue weighted by Gasteiger charge is -2.08. The molecule has 0 saturated carbocycles. The highest BCUT2D eigenvalue weighted by molar-refractivity contribution is 5.86. The Balaban J connectivity index is 2.49. The standard InChI is InChI=1S/C15H15NO3/c1-3-19-12-8-13(16-14(9-12)15(17)18)11-6-4-10(2)5-7-11/h4-9H,3H2,1-2H3,(H,17,18). The van der Waals surface area contributed by atoms with Crippen LogP contribution in [0.3, 0.4) is 0 Å². The molecule has 98 valence electrons. The number of nitrogens with zero attached hydrogens (tertiary/aromatic N) is 1. The summed E-state index contributed by atoms with van der Waals surface area (Å²) < 4.78 is 5.38. The third-order valence-electron chi connectivity index (χ3n) is 2.68. The molecule has 19 heavy (non-hydrogen) atoms. The fourth-order valence-electron chi connectivity index (χ4n) is 1.74. The van der Waals surface area contributed by atoms with E-state index in [-0.39, 0.29) is 5.69 Å². The molecule has 0 fully saturated rings. The summed E-state index contributed by atoms with van der Waals surface area (Å²) >= 11 is 0. The van der Waals surface area contributed by atoms with Gasteiger partial charge in [-0.3, -0.25) is 0 Å². The highest BCUT2D eigenvalue weighted by atomic mass is 16.5. The van der Waals surface area contributed by atoms with Crippen LogP contribution in [0.15, 0.2) is 36.4 Å². The van der Waals surface area contributed by atoms with Crippen molar-refractivity contribution in [2.24, 2.45) is 0 Å². The number of carboxylic acid groups (broad SMARTS) is 1. The first-order valence-electron chi connectivity index (χ1n) is 6.05. The molecule has 4 nitrogen and oxygen atoms in total. The Morgan fingerprint density at radius 2 is 1.95 bits per heavy atom. The number of aryl methyl sites for hydroxylation is 1. The number of pyridine rings is 1. The molecule has 4 heteroatoms. The zero-order valence-corrected chi connectivity index (χ0v) is 10.9. The molecule has 1 aromatic carbocycles. The van der Waals surface area contributed by atoms with E-state index in [1.54, 1.807) is 6.07 Å². The van der Waals surface area contributed by atoms with Gasteiger partial charge in [-0.15, -0.1) is 0 Å². The SMILES string of the molecule is CCOc1cc(C(=O)O)nc(-c2ccc(C)cc2)c1. The summed E-state index contributed by atoms with van der Waals surface area (Å²) in [4.78, 5) is 15.2. The first-order valence-corrected chi connectivity index (χ1v) is 6.05. The topological polar surface area (TPSA) is 59.4 Å². The molecule has 0 atom stereocenters. The molecule has 0 aliphatic heterocycles. The number of benzene rings is 1. The van der Waals surface area contributed by atoms with Gasteiger partial charge < -0.3 is 9.84 Å². The Bertz CT molecular complexity index is 591. The zero-order chi connectivity index (χ0) is 13.8. The van der Waals surface area contributed by atoms with Crippen LogP contribution in [0.2, 0.25) is 0 Å². The van der Waals surface area contributed by atoms with Crippen molar-refractivity contribution in [2.45, 2.75) is 13.8 Å². The summed E-state index contributed by atoms with van der Waals surface area (Å²) in [6.07, 6.45) is 0. The van der Waals surface area contributed by atoms with Crippen LogP contribution in [0.25, 0.3) is 11.3 Å². The third kappa shape index (κ3) is 3.10. The summed E-state index contributed by atoms with van der Waals surface area (Å²) in [6.45, 7) is 4.33. The monoisotopic (exact) mass is 257 g/mol. The van der Waals surface area contributed by atoms with Gasteiger partial charge in [0.25, 0.3) is 0 Å². The molecule has 2 rings (SSSR count). The van der Waals surface area contributed by atoms with Crippen molar-refractivity contribution in [3.8, 4) is 17.0 Å². The van der Waals surface area contributed by atoms with Crippen LogP contribution in [0.1, 0.15) is 23.0 Å². The normalized spacial score (nSPS) is 10.2. The Labute approximate surface area is 111 Å². The van der Waals surface area contributed by atoms with Gasteiger partial charge in [-0.05, 0) is 13.8 Å². The summed E-state index contributed by atoms with van der Waals surface area (Å²) in [7, 11) is 0. The number of ether oxygens (including phenoxy) is 1. The molecule has 0 amide bonds. The maximum Gasteiger partial charge on any atom is 0.354 e. The molecule has 0 radical (unpaired) electrons. The van der Waals surface area contributed by atoms with Crippen molar-refractivity contribution in [1.29, 1.82) is 0 Å². The Morgan fingerprint density at radius 1 is 1.26 bits per heavy atom. The van der Waals surface area contributed by atoms with Crippen molar-refractivity contribution in [2.75, 3.05) is 6.61 Å². The lowest BCUT2D eigenvalue weighted by atomic mass is 10.1. The maximum atomic E-state index is 11.1. The Kier molecular flexibility index (Phi) is 3.80. The first kappa shape index (κ1) is 13.1. The molecular weight excluding hydrogens is 242 g/mol. The summed E-state index contributed by atoms with van der Waals surface area (Å²) in [5.41, 5.74) is 2.60. The second-order valence-electron chi connectivity index (χ2n) is 4.18. The molecule has 0 spiro atoms. The van der Waals surface area contributed by atoms with Crippen LogP contribution >= 0.6 is 0 Å². The number of rotatable bonds is 4. The van der Waals surface area contributed by atoms with Crippen molar-refractivity contribution >= 4 is 5.97 Å². The van der Waals surface area contributed by atoms with E-state index in [0.29, 0.717) is 18.1 Å². The van der Waals surface area contributed by atoms with Crippen LogP contribution in [0.4, 0.5) is 0 Å². The molecule has 0 saturated heterocycles. The van der Waals surface area contributed by atoms with E-state index in [1.807, 2.05) is 38.1 Å². The number of aromatic carboxylic acids is 1. The van der Waals surface area contributed by atoms with E-state index >= 15 is 0 Å². The lowest BCUT2D eigenvalue weighted by Crippen LogP contribution is -2.03. The zero-order valence-electron chi connectivity index (χ0n) is 10.9. The van der Waals surface area contributed by atoms with Crippen LogP contribution < -0.4 is 4.74 Å². The molecule has 1 heterocycles. The fraction of sp³-hybridized carbons (Fsp3) is 0.200. The predicted molar refractivity (Wildman–Crippen MR) is 72.5 cm³/mol. The lowest BCUT2D eigenvalue weighted by molar-refractivity contribution is 0.0690. The first-order chi connectivity index (χ1) is 9.10. The third-order valence-corrected chi connectivity index (χ3v) is 2.68. The van der Waals surface area contributed by atoms with Crippen molar-refractivity contribution in [1.82, 2.24) is 4.98 Å². The van der Waals surface area contributed by atoms with Gasteiger partial charge in [-0.25, -0.2) is 9.78 Å². The number of carbonyl (C=O) groups is 1. The minimum absolute atomic E-state index is 0.0125. The highest BCUT2D eigenvalue weighted by Gasteiger charge is 2.10. The number of aromatic nitrogens is 1. The number of hydrogen-bond donors (Lipinski definition) is 1. The average Bonchev–Trinajstić information content (AvgIpc) is 2.39. The van der Waals surface area contributed by atoms with Gasteiger partial charge in [0.2, 0.25) is 0 Å². The average molecular weight is 257 g/mol. The summed E-state index contributed by atoms with van der Waals surface area (Å²) in [5.74, 6) is -0.541. The Hall–Kier alpha value is -2.36. The second kappa shape index (κ2) is 5.52. The highest BCUT2D eigenvalue weighted by Crippen LogP contribution is 2.23. The van der Waals surface area contributed by atoms with E-state index in [9.17, 15) is 4.79 Å². The van der Waals surface area contributed by atoms with Crippen molar-refractivity contribution in [3.63, 3.8) is 0 Å². The fourth-order valence-corrected chi connectivity index (χ4v) is 1.74. The van der Waals surface area contributed by atoms with E-state index in [1.165, 1.54) is 6.07 Å². The number of hydrogen-bond acceptors (Lipinski definition) is 3. The van der Waals surface area contributed by atoms with E-state index in [0.717, 1.165) is 11.1 Å². The van der Waals surface area contributed by atoms with Crippen LogP contribution in [-0.2, 0) is 0 Å². The van der Waals surface area contributed by atoms with Crippen LogP contribution in [0, 0.1) is 6.92 Å². The van der Waals surface area contributed by atoms with Gasteiger partial charge in [0.15, 0.2) is 5.69 Å². The smallest absolute Gasteiger partial charge is 0.354 e. The molecule has 1 aromatic heterocycles. The van der Waals surface area contributed by atoms with Gasteiger partial charge in [0.05, 0.1) is 12.3 Å². The van der Waals surface area contributed by atoms with Crippen molar-refractivity contribution < 1.29 is 14.6 Å². The second-order valence-corrected chi connectivity index (χ2v) is 4.18. The molecule has 0 aliphatic carbocycles. The van der Waals surface area contributed by atoms with Gasteiger partial charge in [0.1, 0.15) is 5.75 Å². The quantitative estimate of drug-likeness (QED) is 0.914. The van der Waals surface area contributed by atoms with E-state index < -0.39 is 5.97 Å².